The average molecular weight is 461 g/mol. The smallest absolute Gasteiger partial charge is 0.313 e. The van der Waals surface area contributed by atoms with Gasteiger partial charge in [0.25, 0.3) is 0 Å². The number of nitrogens with one attached hydrogen (secondary N) is 2. The van der Waals surface area contributed by atoms with Gasteiger partial charge in [-0.1, -0.05) is 36.7 Å². The van der Waals surface area contributed by atoms with E-state index in [2.05, 4.69) is 15.3 Å². The van der Waals surface area contributed by atoms with E-state index >= 15 is 0 Å². The van der Waals surface area contributed by atoms with E-state index in [0.29, 0.717) is 56.2 Å². The Balaban J connectivity index is 1.56. The molecule has 0 aliphatic carbocycles. The third kappa shape index (κ3) is 5.95. The summed E-state index contributed by atoms with van der Waals surface area (Å²) in [5.41, 5.74) is 1.33. The van der Waals surface area contributed by atoms with Gasteiger partial charge in [0.1, 0.15) is 0 Å². The summed E-state index contributed by atoms with van der Waals surface area (Å²) in [4.78, 5) is 46.2. The van der Waals surface area contributed by atoms with E-state index in [1.54, 1.807) is 24.3 Å². The van der Waals surface area contributed by atoms with Crippen LogP contribution in [0.5, 0.6) is 0 Å². The summed E-state index contributed by atoms with van der Waals surface area (Å²) in [6.07, 6.45) is 2.02. The average Bonchev–Trinajstić information content (AvgIpc) is 3.19. The minimum atomic E-state index is -0.665. The largest absolute Gasteiger partial charge is 0.376 e. The van der Waals surface area contributed by atoms with Gasteiger partial charge in [-0.3, -0.25) is 14.4 Å². The molecule has 2 amide bonds. The Morgan fingerprint density at radius 1 is 1.25 bits per heavy atom. The van der Waals surface area contributed by atoms with Crippen molar-refractivity contribution in [2.75, 3.05) is 25.0 Å². The van der Waals surface area contributed by atoms with Gasteiger partial charge in [-0.2, -0.15) is 0 Å². The number of para-hydroxylation sites is 1. The highest BCUT2D eigenvalue weighted by atomic mass is 35.5. The third-order valence-corrected chi connectivity index (χ3v) is 5.99. The number of ether oxygens (including phenoxy) is 1. The van der Waals surface area contributed by atoms with E-state index < -0.39 is 11.8 Å². The number of carbonyl (C=O) groups excluding carboxylic acids is 3. The number of aromatic amines is 1. The second-order valence-electron chi connectivity index (χ2n) is 7.78. The molecule has 1 unspecified atom stereocenters. The molecule has 8 nitrogen and oxygen atoms in total. The number of H-pyrrole nitrogens is 1. The number of nitrogens with zero attached hydrogens (tertiary/aromatic N) is 2. The molecule has 2 aromatic rings. The van der Waals surface area contributed by atoms with Crippen molar-refractivity contribution in [2.45, 2.75) is 45.6 Å². The Morgan fingerprint density at radius 3 is 2.66 bits per heavy atom. The van der Waals surface area contributed by atoms with Gasteiger partial charge in [0, 0.05) is 31.8 Å². The molecule has 0 bridgehead atoms. The zero-order valence-corrected chi connectivity index (χ0v) is 19.2. The quantitative estimate of drug-likeness (QED) is 0.463. The van der Waals surface area contributed by atoms with E-state index in [1.807, 2.05) is 19.9 Å². The van der Waals surface area contributed by atoms with Gasteiger partial charge in [0.2, 0.25) is 0 Å². The number of carbonyl (C=O) groups is 3. The summed E-state index contributed by atoms with van der Waals surface area (Å²) >= 11 is 6.04. The molecule has 1 aromatic carbocycles. The van der Waals surface area contributed by atoms with Gasteiger partial charge < -0.3 is 19.9 Å². The van der Waals surface area contributed by atoms with Gasteiger partial charge >= 0.3 is 11.8 Å². The highest BCUT2D eigenvalue weighted by Gasteiger charge is 2.34. The van der Waals surface area contributed by atoms with Crippen molar-refractivity contribution in [1.29, 1.82) is 0 Å². The fourth-order valence-corrected chi connectivity index (χ4v) is 4.19. The lowest BCUT2D eigenvalue weighted by Gasteiger charge is -2.38. The highest BCUT2D eigenvalue weighted by molar-refractivity contribution is 6.39. The lowest BCUT2D eigenvalue weighted by molar-refractivity contribution is -0.147. The van der Waals surface area contributed by atoms with Crippen molar-refractivity contribution >= 4 is 34.9 Å². The van der Waals surface area contributed by atoms with Crippen molar-refractivity contribution in [3.63, 3.8) is 0 Å². The topological polar surface area (TPSA) is 104 Å². The lowest BCUT2D eigenvalue weighted by Crippen LogP contribution is -2.50. The number of Topliss-reactive ketones (excluding diaryl/α,β-unsaturated/α-hetero) is 1. The van der Waals surface area contributed by atoms with Crippen LogP contribution in [0.25, 0.3) is 0 Å². The maximum atomic E-state index is 12.7. The number of aryl methyl sites for hydroxylation is 1. The second kappa shape index (κ2) is 11.2. The number of aromatic nitrogens is 2. The Morgan fingerprint density at radius 2 is 2.00 bits per heavy atom. The van der Waals surface area contributed by atoms with E-state index in [4.69, 9.17) is 16.3 Å². The highest BCUT2D eigenvalue weighted by Crippen LogP contribution is 2.26. The number of piperidine rings is 1. The van der Waals surface area contributed by atoms with Crippen LogP contribution in [0.3, 0.4) is 0 Å². The molecule has 1 saturated heterocycles. The van der Waals surface area contributed by atoms with Crippen LogP contribution in [-0.4, -0.2) is 58.3 Å². The number of imidazole rings is 1. The monoisotopic (exact) mass is 460 g/mol. The number of likely N-dealkylation sites (tertiary alicyclic amines) is 1. The first kappa shape index (κ1) is 23.9. The van der Waals surface area contributed by atoms with Gasteiger partial charge in [0.15, 0.2) is 16.8 Å². The zero-order valence-electron chi connectivity index (χ0n) is 18.4. The van der Waals surface area contributed by atoms with E-state index in [-0.39, 0.29) is 23.6 Å². The number of hydrogen-bond donors (Lipinski definition) is 2. The number of rotatable bonds is 8. The molecule has 1 aliphatic heterocycles. The Labute approximate surface area is 192 Å². The number of benzene rings is 1. The third-order valence-electron chi connectivity index (χ3n) is 5.68. The first-order chi connectivity index (χ1) is 15.4. The van der Waals surface area contributed by atoms with E-state index in [0.717, 1.165) is 5.69 Å². The molecule has 9 heteroatoms. The van der Waals surface area contributed by atoms with E-state index in [1.165, 1.54) is 4.90 Å². The molecule has 0 spiro atoms. The minimum Gasteiger partial charge on any atom is -0.376 e. The number of anilines is 1. The van der Waals surface area contributed by atoms with Crippen LogP contribution in [0.2, 0.25) is 5.15 Å². The van der Waals surface area contributed by atoms with Crippen molar-refractivity contribution < 1.29 is 19.1 Å². The second-order valence-corrected chi connectivity index (χ2v) is 8.14. The van der Waals surface area contributed by atoms with Crippen molar-refractivity contribution in [2.24, 2.45) is 5.92 Å². The Bertz CT molecular complexity index is 947. The first-order valence-electron chi connectivity index (χ1n) is 11.0. The van der Waals surface area contributed by atoms with Crippen LogP contribution >= 0.6 is 11.6 Å². The number of ketones is 1. The molecular formula is C23H29ClN4O4. The molecular weight excluding hydrogens is 432 g/mol. The molecule has 1 aliphatic rings. The summed E-state index contributed by atoms with van der Waals surface area (Å²) in [7, 11) is 0. The molecule has 0 saturated carbocycles. The fraction of sp³-hybridized carbons (Fsp3) is 0.478. The number of amides is 2. The number of hydrogen-bond acceptors (Lipinski definition) is 5. The number of halogens is 1. The van der Waals surface area contributed by atoms with E-state index in [9.17, 15) is 14.4 Å². The first-order valence-corrected chi connectivity index (χ1v) is 11.3. The van der Waals surface area contributed by atoms with Crippen molar-refractivity contribution in [3.05, 3.63) is 47.0 Å². The summed E-state index contributed by atoms with van der Waals surface area (Å²) in [5, 5.41) is 2.97. The van der Waals surface area contributed by atoms with Gasteiger partial charge in [-0.25, -0.2) is 4.98 Å². The van der Waals surface area contributed by atoms with Crippen LogP contribution in [-0.2, 0) is 20.7 Å². The maximum Gasteiger partial charge on any atom is 0.313 e. The van der Waals surface area contributed by atoms with Crippen LogP contribution in [0.15, 0.2) is 30.3 Å². The zero-order chi connectivity index (χ0) is 23.1. The molecule has 2 heterocycles. The summed E-state index contributed by atoms with van der Waals surface area (Å²) < 4.78 is 5.87. The normalized spacial score (nSPS) is 18.4. The van der Waals surface area contributed by atoms with Crippen LogP contribution in [0.1, 0.15) is 49.4 Å². The standard InChI is InChI=1S/C23H29ClN4O4/c1-3-17-20(24)27-21(26-17)18(29)11-10-15-12-13-28(14-19(15)32-4-2)23(31)22(30)25-16-8-6-5-7-9-16/h5-9,15,19H,3-4,10-14H2,1-2H3,(H,25,30)(H,26,27)/t15?,19-/m0/s1. The Kier molecular flexibility index (Phi) is 8.41. The van der Waals surface area contributed by atoms with Crippen LogP contribution in [0.4, 0.5) is 5.69 Å². The molecule has 1 aromatic heterocycles. The predicted octanol–water partition coefficient (Wildman–Crippen LogP) is 3.48. The molecule has 1 fully saturated rings. The maximum absolute atomic E-state index is 12.7. The van der Waals surface area contributed by atoms with Crippen molar-refractivity contribution in [3.8, 4) is 0 Å². The SMILES string of the molecule is CCO[C@H]1CN(C(=O)C(=O)Nc2ccccc2)CCC1CCC(=O)c1nc(Cl)c(CC)[nH]1. The molecule has 3 rings (SSSR count). The predicted molar refractivity (Wildman–Crippen MR) is 122 cm³/mol. The Hall–Kier alpha value is -2.71. The van der Waals surface area contributed by atoms with Gasteiger partial charge in [-0.05, 0) is 44.2 Å². The molecule has 2 N–H and O–H groups in total. The summed E-state index contributed by atoms with van der Waals surface area (Å²) in [6, 6.07) is 8.87. The fourth-order valence-electron chi connectivity index (χ4n) is 3.92. The van der Waals surface area contributed by atoms with Crippen LogP contribution in [0, 0.1) is 5.92 Å². The van der Waals surface area contributed by atoms with Crippen LogP contribution < -0.4 is 5.32 Å². The molecule has 0 radical (unpaired) electrons. The van der Waals surface area contributed by atoms with Gasteiger partial charge in [0.05, 0.1) is 11.8 Å². The lowest BCUT2D eigenvalue weighted by atomic mass is 9.88. The molecule has 2 atom stereocenters. The van der Waals surface area contributed by atoms with Gasteiger partial charge in [-0.15, -0.1) is 0 Å². The molecule has 32 heavy (non-hydrogen) atoms. The molecule has 172 valence electrons. The summed E-state index contributed by atoms with van der Waals surface area (Å²) in [6.45, 7) is 5.08. The summed E-state index contributed by atoms with van der Waals surface area (Å²) in [5.74, 6) is -0.948. The van der Waals surface area contributed by atoms with Crippen molar-refractivity contribution in [1.82, 2.24) is 14.9 Å². The minimum absolute atomic E-state index is 0.0948.